The molecule has 0 aliphatic heterocycles. The molecule has 2 nitrogen and oxygen atoms in total. The fourth-order valence-electron chi connectivity index (χ4n) is 3.53. The van der Waals surface area contributed by atoms with Crippen molar-refractivity contribution in [3.8, 4) is 5.75 Å². The van der Waals surface area contributed by atoms with Crippen molar-refractivity contribution in [3.05, 3.63) is 76.4 Å². The smallest absolute Gasteiger partial charge is 0.335 e. The van der Waals surface area contributed by atoms with E-state index in [-0.39, 0.29) is 5.41 Å². The van der Waals surface area contributed by atoms with E-state index >= 15 is 0 Å². The van der Waals surface area contributed by atoms with E-state index in [9.17, 15) is 4.79 Å². The largest absolute Gasteiger partial charge is 0.423 e. The van der Waals surface area contributed by atoms with Crippen molar-refractivity contribution in [3.63, 3.8) is 0 Å². The van der Waals surface area contributed by atoms with Crippen LogP contribution in [0.5, 0.6) is 5.75 Å². The number of rotatable bonds is 7. The third-order valence-electron chi connectivity index (χ3n) is 5.03. The van der Waals surface area contributed by atoms with Crippen molar-refractivity contribution in [2.75, 3.05) is 0 Å². The maximum atomic E-state index is 12.1. The summed E-state index contributed by atoms with van der Waals surface area (Å²) in [4.78, 5) is 12.1. The number of carbonyl (C=O) groups excluding carboxylic acids is 1. The predicted octanol–water partition coefficient (Wildman–Crippen LogP) is 6.63. The Balaban J connectivity index is 2.59. The Bertz CT molecular complexity index is 853. The van der Waals surface area contributed by atoms with Crippen LogP contribution in [0.4, 0.5) is 0 Å². The Morgan fingerprint density at radius 2 is 1.71 bits per heavy atom. The van der Waals surface area contributed by atoms with Crippen molar-refractivity contribution in [1.29, 1.82) is 0 Å². The van der Waals surface area contributed by atoms with E-state index in [0.29, 0.717) is 5.75 Å². The minimum absolute atomic E-state index is 0.130. The van der Waals surface area contributed by atoms with Crippen LogP contribution in [0.25, 0.3) is 0 Å². The summed E-state index contributed by atoms with van der Waals surface area (Å²) in [5.41, 5.74) is 7.12. The number of ether oxygens (including phenoxy) is 1. The molecule has 2 aromatic carbocycles. The lowest BCUT2D eigenvalue weighted by Gasteiger charge is -2.25. The molecular weight excluding hydrogens is 344 g/mol. The van der Waals surface area contributed by atoms with Gasteiger partial charge in [-0.25, -0.2) is 4.79 Å². The van der Waals surface area contributed by atoms with Crippen molar-refractivity contribution in [2.24, 2.45) is 0 Å². The fourth-order valence-corrected chi connectivity index (χ4v) is 3.53. The molecule has 0 amide bonds. The van der Waals surface area contributed by atoms with E-state index in [2.05, 4.69) is 78.5 Å². The molecule has 0 saturated heterocycles. The molecule has 0 atom stereocenters. The SMILES string of the molecule is C=CC(=O)Oc1c(Cc2cc(C)ccc2CCCC)cc(C)cc1C(C)(C)C. The van der Waals surface area contributed by atoms with Crippen LogP contribution in [0.2, 0.25) is 0 Å². The number of unbranched alkanes of at least 4 members (excludes halogenated alkanes) is 1. The van der Waals surface area contributed by atoms with Gasteiger partial charge in [-0.1, -0.05) is 82.2 Å². The molecule has 0 aromatic heterocycles. The van der Waals surface area contributed by atoms with E-state index in [1.165, 1.54) is 41.2 Å². The summed E-state index contributed by atoms with van der Waals surface area (Å²) in [7, 11) is 0. The second-order valence-corrected chi connectivity index (χ2v) is 8.73. The molecule has 2 rings (SSSR count). The highest BCUT2D eigenvalue weighted by atomic mass is 16.5. The minimum atomic E-state index is -0.411. The molecule has 0 radical (unpaired) electrons. The molecule has 0 N–H and O–H groups in total. The summed E-state index contributed by atoms with van der Waals surface area (Å²) in [6.45, 7) is 16.5. The van der Waals surface area contributed by atoms with Gasteiger partial charge in [-0.15, -0.1) is 0 Å². The number of benzene rings is 2. The zero-order chi connectivity index (χ0) is 20.9. The standard InChI is InChI=1S/C26H34O2/c1-8-10-11-20-13-12-18(3)14-21(20)17-22-15-19(4)16-23(26(5,6)7)25(22)28-24(27)9-2/h9,12-16H,2,8,10-11,17H2,1,3-7H3. The molecular formula is C26H34O2. The van der Waals surface area contributed by atoms with Crippen LogP contribution in [-0.4, -0.2) is 5.97 Å². The molecule has 0 aliphatic carbocycles. The third-order valence-corrected chi connectivity index (χ3v) is 5.03. The Morgan fingerprint density at radius 3 is 2.32 bits per heavy atom. The first-order valence-corrected chi connectivity index (χ1v) is 10.2. The van der Waals surface area contributed by atoms with Gasteiger partial charge < -0.3 is 4.74 Å². The van der Waals surface area contributed by atoms with Crippen molar-refractivity contribution >= 4 is 5.97 Å². The maximum Gasteiger partial charge on any atom is 0.335 e. The monoisotopic (exact) mass is 378 g/mol. The van der Waals surface area contributed by atoms with E-state index in [1.54, 1.807) is 0 Å². The first-order valence-electron chi connectivity index (χ1n) is 10.2. The lowest BCUT2D eigenvalue weighted by Crippen LogP contribution is -2.17. The topological polar surface area (TPSA) is 26.3 Å². The second kappa shape index (κ2) is 9.23. The van der Waals surface area contributed by atoms with Crippen LogP contribution in [-0.2, 0) is 23.1 Å². The number of carbonyl (C=O) groups is 1. The molecule has 2 aromatic rings. The first-order chi connectivity index (χ1) is 13.2. The second-order valence-electron chi connectivity index (χ2n) is 8.73. The van der Waals surface area contributed by atoms with Crippen LogP contribution < -0.4 is 4.74 Å². The Labute approximate surface area is 170 Å². The molecule has 0 bridgehead atoms. The lowest BCUT2D eigenvalue weighted by atomic mass is 9.83. The highest BCUT2D eigenvalue weighted by Gasteiger charge is 2.24. The summed E-state index contributed by atoms with van der Waals surface area (Å²) < 4.78 is 5.77. The molecule has 28 heavy (non-hydrogen) atoms. The van der Waals surface area contributed by atoms with Gasteiger partial charge in [0.05, 0.1) is 0 Å². The van der Waals surface area contributed by atoms with Gasteiger partial charge in [-0.05, 0) is 48.8 Å². The highest BCUT2D eigenvalue weighted by Crippen LogP contribution is 2.37. The van der Waals surface area contributed by atoms with Gasteiger partial charge in [0, 0.05) is 18.1 Å². The van der Waals surface area contributed by atoms with Gasteiger partial charge >= 0.3 is 5.97 Å². The van der Waals surface area contributed by atoms with Gasteiger partial charge in [0.1, 0.15) is 5.75 Å². The maximum absolute atomic E-state index is 12.1. The summed E-state index contributed by atoms with van der Waals surface area (Å²) >= 11 is 0. The lowest BCUT2D eigenvalue weighted by molar-refractivity contribution is -0.129. The van der Waals surface area contributed by atoms with E-state index in [1.807, 2.05) is 0 Å². The van der Waals surface area contributed by atoms with Crippen molar-refractivity contribution in [1.82, 2.24) is 0 Å². The summed E-state index contributed by atoms with van der Waals surface area (Å²) in [6.07, 6.45) is 5.41. The van der Waals surface area contributed by atoms with Crippen LogP contribution in [0.3, 0.4) is 0 Å². The highest BCUT2D eigenvalue weighted by molar-refractivity contribution is 5.84. The normalized spacial score (nSPS) is 11.4. The van der Waals surface area contributed by atoms with Crippen LogP contribution in [0.1, 0.15) is 73.9 Å². The predicted molar refractivity (Wildman–Crippen MR) is 118 cm³/mol. The van der Waals surface area contributed by atoms with Gasteiger partial charge in [0.2, 0.25) is 0 Å². The van der Waals surface area contributed by atoms with Crippen LogP contribution >= 0.6 is 0 Å². The molecule has 0 saturated carbocycles. The molecule has 0 spiro atoms. The van der Waals surface area contributed by atoms with E-state index < -0.39 is 5.97 Å². The minimum Gasteiger partial charge on any atom is -0.423 e. The van der Waals surface area contributed by atoms with Gasteiger partial charge in [-0.3, -0.25) is 0 Å². The van der Waals surface area contributed by atoms with Crippen LogP contribution in [0, 0.1) is 13.8 Å². The number of hydrogen-bond acceptors (Lipinski definition) is 2. The molecule has 0 heterocycles. The first kappa shape index (κ1) is 21.9. The molecule has 2 heteroatoms. The van der Waals surface area contributed by atoms with Gasteiger partial charge in [-0.2, -0.15) is 0 Å². The number of aryl methyl sites for hydroxylation is 3. The average Bonchev–Trinajstić information content (AvgIpc) is 2.62. The zero-order valence-electron chi connectivity index (χ0n) is 18.3. The summed E-state index contributed by atoms with van der Waals surface area (Å²) in [5.74, 6) is 0.275. The fraction of sp³-hybridized carbons (Fsp3) is 0.423. The molecule has 0 fully saturated rings. The Hall–Kier alpha value is -2.35. The van der Waals surface area contributed by atoms with E-state index in [0.717, 1.165) is 24.0 Å². The number of esters is 1. The van der Waals surface area contributed by atoms with Gasteiger partial charge in [0.25, 0.3) is 0 Å². The molecule has 0 aliphatic rings. The Kier molecular flexibility index (Phi) is 7.23. The third kappa shape index (κ3) is 5.58. The number of hydrogen-bond donors (Lipinski definition) is 0. The average molecular weight is 379 g/mol. The van der Waals surface area contributed by atoms with Crippen LogP contribution in [0.15, 0.2) is 43.0 Å². The quantitative estimate of drug-likeness (QED) is 0.307. The van der Waals surface area contributed by atoms with Crippen molar-refractivity contribution < 1.29 is 9.53 Å². The Morgan fingerprint density at radius 1 is 1.04 bits per heavy atom. The summed E-state index contributed by atoms with van der Waals surface area (Å²) in [5, 5.41) is 0. The molecule has 0 unspecified atom stereocenters. The van der Waals surface area contributed by atoms with Gasteiger partial charge in [0.15, 0.2) is 0 Å². The summed E-state index contributed by atoms with van der Waals surface area (Å²) in [6, 6.07) is 11.0. The van der Waals surface area contributed by atoms with Crippen molar-refractivity contribution in [2.45, 2.75) is 72.6 Å². The zero-order valence-corrected chi connectivity index (χ0v) is 18.3. The molecule has 150 valence electrons. The van der Waals surface area contributed by atoms with E-state index in [4.69, 9.17) is 4.74 Å².